The Morgan fingerprint density at radius 1 is 1.32 bits per heavy atom. The van der Waals surface area contributed by atoms with E-state index in [2.05, 4.69) is 28.1 Å². The molecule has 1 aromatic carbocycles. The van der Waals surface area contributed by atoms with Crippen LogP contribution in [0.4, 0.5) is 11.5 Å². The van der Waals surface area contributed by atoms with Gasteiger partial charge in [-0.25, -0.2) is 9.97 Å². The molecule has 6 nitrogen and oxygen atoms in total. The number of nitrogens with two attached hydrogens (primary N) is 1. The highest BCUT2D eigenvalue weighted by atomic mass is 16.1. The van der Waals surface area contributed by atoms with Crippen molar-refractivity contribution in [2.24, 2.45) is 0 Å². The number of nitrogen functional groups attached to an aromatic ring is 1. The van der Waals surface area contributed by atoms with Crippen molar-refractivity contribution in [2.45, 2.75) is 25.3 Å². The van der Waals surface area contributed by atoms with Gasteiger partial charge in [0, 0.05) is 23.0 Å². The zero-order chi connectivity index (χ0) is 17.6. The predicted molar refractivity (Wildman–Crippen MR) is 97.2 cm³/mol. The van der Waals surface area contributed by atoms with Crippen LogP contribution in [0.1, 0.15) is 35.7 Å². The lowest BCUT2D eigenvalue weighted by molar-refractivity contribution is 0.102. The first-order valence-electron chi connectivity index (χ1n) is 8.02. The maximum absolute atomic E-state index is 12.8. The Morgan fingerprint density at radius 2 is 2.04 bits per heavy atom. The monoisotopic (exact) mass is 331 g/mol. The van der Waals surface area contributed by atoms with Crippen LogP contribution in [0.3, 0.4) is 0 Å². The number of terminal acetylenes is 1. The van der Waals surface area contributed by atoms with E-state index in [4.69, 9.17) is 12.2 Å². The minimum Gasteiger partial charge on any atom is -0.383 e. The van der Waals surface area contributed by atoms with Crippen LogP contribution in [0.2, 0.25) is 0 Å². The zero-order valence-corrected chi connectivity index (χ0v) is 13.8. The lowest BCUT2D eigenvalue weighted by Gasteiger charge is -2.11. The molecule has 1 amide bonds. The van der Waals surface area contributed by atoms with Gasteiger partial charge in [0.2, 0.25) is 0 Å². The van der Waals surface area contributed by atoms with Gasteiger partial charge >= 0.3 is 0 Å². The SMILES string of the molecule is C#Cc1ccc(NC(=O)c2cn(C3(C)CC3)c3ncnc(N)c23)cc1. The number of hydrogen-bond donors (Lipinski definition) is 2. The van der Waals surface area contributed by atoms with Gasteiger partial charge in [-0.2, -0.15) is 0 Å². The number of nitrogens with one attached hydrogen (secondary N) is 1. The van der Waals surface area contributed by atoms with Gasteiger partial charge in [0.15, 0.2) is 0 Å². The zero-order valence-electron chi connectivity index (χ0n) is 13.8. The summed E-state index contributed by atoms with van der Waals surface area (Å²) in [6, 6.07) is 7.10. The largest absolute Gasteiger partial charge is 0.383 e. The average Bonchev–Trinajstić information content (AvgIpc) is 3.22. The fourth-order valence-electron chi connectivity index (χ4n) is 2.94. The maximum atomic E-state index is 12.8. The standard InChI is InChI=1S/C19H17N5O/c1-3-12-4-6-13(7-5-12)23-18(25)14-10-24(19(2)8-9-19)17-15(14)16(20)21-11-22-17/h1,4-7,10-11H,8-9H2,2H3,(H,23,25)(H2,20,21,22). The topological polar surface area (TPSA) is 85.8 Å². The van der Waals surface area contributed by atoms with Gasteiger partial charge in [-0.1, -0.05) is 5.92 Å². The van der Waals surface area contributed by atoms with Gasteiger partial charge in [0.1, 0.15) is 17.8 Å². The van der Waals surface area contributed by atoms with Crippen molar-refractivity contribution >= 4 is 28.4 Å². The minimum atomic E-state index is -0.247. The van der Waals surface area contributed by atoms with Crippen LogP contribution in [0, 0.1) is 12.3 Å². The van der Waals surface area contributed by atoms with E-state index in [1.54, 1.807) is 24.3 Å². The number of anilines is 2. The summed E-state index contributed by atoms with van der Waals surface area (Å²) < 4.78 is 2.04. The molecule has 1 aliphatic carbocycles. The van der Waals surface area contributed by atoms with Crippen LogP contribution >= 0.6 is 0 Å². The molecular weight excluding hydrogens is 314 g/mol. The molecule has 25 heavy (non-hydrogen) atoms. The van der Waals surface area contributed by atoms with Gasteiger partial charge < -0.3 is 15.6 Å². The molecule has 0 aliphatic heterocycles. The second-order valence-electron chi connectivity index (χ2n) is 6.54. The van der Waals surface area contributed by atoms with Crippen LogP contribution in [0.25, 0.3) is 11.0 Å². The Balaban J connectivity index is 1.75. The van der Waals surface area contributed by atoms with Crippen molar-refractivity contribution in [1.29, 1.82) is 0 Å². The van der Waals surface area contributed by atoms with Crippen molar-refractivity contribution in [3.8, 4) is 12.3 Å². The third-order valence-electron chi connectivity index (χ3n) is 4.72. The molecule has 1 saturated carbocycles. The molecule has 0 saturated heterocycles. The van der Waals surface area contributed by atoms with Crippen molar-refractivity contribution < 1.29 is 4.79 Å². The molecular formula is C19H17N5O. The van der Waals surface area contributed by atoms with E-state index in [1.165, 1.54) is 6.33 Å². The Labute approximate surface area is 145 Å². The number of carbonyl (C=O) groups is 1. The molecule has 0 spiro atoms. The van der Waals surface area contributed by atoms with Gasteiger partial charge in [-0.15, -0.1) is 6.42 Å². The van der Waals surface area contributed by atoms with Crippen molar-refractivity contribution in [3.63, 3.8) is 0 Å². The summed E-state index contributed by atoms with van der Waals surface area (Å²) in [5.74, 6) is 2.61. The Hall–Kier alpha value is -3.33. The molecule has 2 aromatic heterocycles. The highest BCUT2D eigenvalue weighted by Crippen LogP contribution is 2.45. The van der Waals surface area contributed by atoms with Gasteiger partial charge in [0.25, 0.3) is 5.91 Å². The van der Waals surface area contributed by atoms with Crippen LogP contribution < -0.4 is 11.1 Å². The van der Waals surface area contributed by atoms with Crippen LogP contribution in [-0.2, 0) is 5.54 Å². The molecule has 3 N–H and O–H groups in total. The van der Waals surface area contributed by atoms with Gasteiger partial charge in [-0.05, 0) is 44.0 Å². The molecule has 0 atom stereocenters. The first-order chi connectivity index (χ1) is 12.0. The van der Waals surface area contributed by atoms with E-state index < -0.39 is 0 Å². The predicted octanol–water partition coefficient (Wildman–Crippen LogP) is 2.76. The molecule has 0 radical (unpaired) electrons. The summed E-state index contributed by atoms with van der Waals surface area (Å²) in [5, 5.41) is 3.47. The second-order valence-corrected chi connectivity index (χ2v) is 6.54. The quantitative estimate of drug-likeness (QED) is 0.723. The Morgan fingerprint density at radius 3 is 2.68 bits per heavy atom. The maximum Gasteiger partial charge on any atom is 0.258 e. The fraction of sp³-hybridized carbons (Fsp3) is 0.211. The van der Waals surface area contributed by atoms with E-state index >= 15 is 0 Å². The number of benzene rings is 1. The molecule has 4 rings (SSSR count). The number of fused-ring (bicyclic) bond motifs is 1. The third kappa shape index (κ3) is 2.50. The molecule has 3 aromatic rings. The van der Waals surface area contributed by atoms with Crippen molar-refractivity contribution in [3.05, 3.63) is 47.9 Å². The van der Waals surface area contributed by atoms with E-state index in [0.717, 1.165) is 18.4 Å². The minimum absolute atomic E-state index is 0.00792. The number of aromatic nitrogens is 3. The van der Waals surface area contributed by atoms with E-state index in [0.29, 0.717) is 28.1 Å². The molecule has 6 heteroatoms. The summed E-state index contributed by atoms with van der Waals surface area (Å²) >= 11 is 0. The molecule has 124 valence electrons. The number of nitrogens with zero attached hydrogens (tertiary/aromatic N) is 3. The first kappa shape index (κ1) is 15.2. The molecule has 0 bridgehead atoms. The highest BCUT2D eigenvalue weighted by molar-refractivity contribution is 6.14. The lowest BCUT2D eigenvalue weighted by atomic mass is 10.2. The third-order valence-corrected chi connectivity index (χ3v) is 4.72. The Bertz CT molecular complexity index is 1020. The first-order valence-corrected chi connectivity index (χ1v) is 8.02. The highest BCUT2D eigenvalue weighted by Gasteiger charge is 2.41. The molecule has 0 unspecified atom stereocenters. The van der Waals surface area contributed by atoms with Gasteiger partial charge in [0.05, 0.1) is 10.9 Å². The van der Waals surface area contributed by atoms with Crippen LogP contribution in [0.15, 0.2) is 36.8 Å². The van der Waals surface area contributed by atoms with E-state index in [9.17, 15) is 4.79 Å². The fourth-order valence-corrected chi connectivity index (χ4v) is 2.94. The number of rotatable bonds is 3. The van der Waals surface area contributed by atoms with Crippen molar-refractivity contribution in [1.82, 2.24) is 14.5 Å². The Kier molecular flexibility index (Phi) is 3.25. The van der Waals surface area contributed by atoms with E-state index in [-0.39, 0.29) is 11.4 Å². The van der Waals surface area contributed by atoms with Crippen molar-refractivity contribution in [2.75, 3.05) is 11.1 Å². The smallest absolute Gasteiger partial charge is 0.258 e. The summed E-state index contributed by atoms with van der Waals surface area (Å²) in [6.07, 6.45) is 10.7. The van der Waals surface area contributed by atoms with Crippen LogP contribution in [-0.4, -0.2) is 20.4 Å². The lowest BCUT2D eigenvalue weighted by Crippen LogP contribution is -2.13. The summed E-state index contributed by atoms with van der Waals surface area (Å²) in [5.41, 5.74) is 8.62. The van der Waals surface area contributed by atoms with Crippen LogP contribution in [0.5, 0.6) is 0 Å². The second kappa shape index (κ2) is 5.35. The van der Waals surface area contributed by atoms with Gasteiger partial charge in [-0.3, -0.25) is 4.79 Å². The normalized spacial score (nSPS) is 14.9. The molecule has 2 heterocycles. The number of hydrogen-bond acceptors (Lipinski definition) is 4. The number of amides is 1. The molecule has 1 aliphatic rings. The average molecular weight is 331 g/mol. The summed E-state index contributed by atoms with van der Waals surface area (Å²) in [4.78, 5) is 21.2. The van der Waals surface area contributed by atoms with E-state index in [1.807, 2.05) is 10.8 Å². The number of carbonyl (C=O) groups excluding carboxylic acids is 1. The summed E-state index contributed by atoms with van der Waals surface area (Å²) in [7, 11) is 0. The molecule has 1 fully saturated rings. The summed E-state index contributed by atoms with van der Waals surface area (Å²) in [6.45, 7) is 2.14.